The predicted molar refractivity (Wildman–Crippen MR) is 137 cm³/mol. The zero-order valence-corrected chi connectivity index (χ0v) is 20.3. The van der Waals surface area contributed by atoms with Crippen LogP contribution < -0.4 is 14.9 Å². The second kappa shape index (κ2) is 9.52. The van der Waals surface area contributed by atoms with E-state index >= 15 is 0 Å². The smallest absolute Gasteiger partial charge is 0.264 e. The number of hydrogen-bond acceptors (Lipinski definition) is 4. The van der Waals surface area contributed by atoms with Gasteiger partial charge in [0.05, 0.1) is 10.6 Å². The molecule has 9 heteroatoms. The number of sulfonamides is 1. The van der Waals surface area contributed by atoms with E-state index in [2.05, 4.69) is 10.6 Å². The number of Topliss-reactive ketones (excluding diaryl/α,β-unsaturated/α-hetero) is 1. The maximum atomic E-state index is 13.7. The molecule has 1 aliphatic heterocycles. The number of halogens is 1. The van der Waals surface area contributed by atoms with E-state index < -0.39 is 10.0 Å². The fourth-order valence-electron chi connectivity index (χ4n) is 3.96. The lowest BCUT2D eigenvalue weighted by Gasteiger charge is -2.36. The number of fused-ring (bicyclic) bond motifs is 1. The van der Waals surface area contributed by atoms with Crippen LogP contribution in [0, 0.1) is 5.82 Å². The largest absolute Gasteiger partial charge is 0.332 e. The molecule has 0 radical (unpaired) electrons. The van der Waals surface area contributed by atoms with E-state index in [0.717, 1.165) is 5.69 Å². The SMILES string of the molecule is CC(=O)c1ccc(NC(=S)Nc2ccc(S(=O)(=O)N3c4ccc(F)cc4CC[C@H]3C)cc2)cc1. The van der Waals surface area contributed by atoms with Crippen LogP contribution >= 0.6 is 12.2 Å². The number of carbonyl (C=O) groups is 1. The fraction of sp³-hybridized carbons (Fsp3) is 0.200. The van der Waals surface area contributed by atoms with Gasteiger partial charge in [-0.2, -0.15) is 0 Å². The molecular formula is C25H24FN3O3S2. The Morgan fingerprint density at radius 2 is 1.59 bits per heavy atom. The van der Waals surface area contributed by atoms with Crippen LogP contribution in [-0.2, 0) is 16.4 Å². The molecule has 0 aromatic heterocycles. The minimum atomic E-state index is -3.84. The van der Waals surface area contributed by atoms with E-state index in [9.17, 15) is 17.6 Å². The summed E-state index contributed by atoms with van der Waals surface area (Å²) in [6.07, 6.45) is 1.24. The molecule has 0 spiro atoms. The molecule has 0 fully saturated rings. The fourth-order valence-corrected chi connectivity index (χ4v) is 5.92. The third kappa shape index (κ3) is 4.95. The Bertz CT molecular complexity index is 1340. The molecule has 176 valence electrons. The average molecular weight is 498 g/mol. The maximum absolute atomic E-state index is 13.7. The summed E-state index contributed by atoms with van der Waals surface area (Å²) in [5.41, 5.74) is 3.15. The van der Waals surface area contributed by atoms with Crippen molar-refractivity contribution in [2.75, 3.05) is 14.9 Å². The summed E-state index contributed by atoms with van der Waals surface area (Å²) >= 11 is 5.33. The van der Waals surface area contributed by atoms with Gasteiger partial charge in [-0.25, -0.2) is 12.8 Å². The Morgan fingerprint density at radius 1 is 1.00 bits per heavy atom. The van der Waals surface area contributed by atoms with E-state index in [-0.39, 0.29) is 22.5 Å². The van der Waals surface area contributed by atoms with Gasteiger partial charge in [0.15, 0.2) is 10.9 Å². The first-order valence-electron chi connectivity index (χ1n) is 10.8. The van der Waals surface area contributed by atoms with Gasteiger partial charge >= 0.3 is 0 Å². The van der Waals surface area contributed by atoms with Gasteiger partial charge in [-0.1, -0.05) is 0 Å². The van der Waals surface area contributed by atoms with Gasteiger partial charge < -0.3 is 10.6 Å². The highest BCUT2D eigenvalue weighted by atomic mass is 32.2. The van der Waals surface area contributed by atoms with E-state index in [1.165, 1.54) is 41.6 Å². The number of nitrogens with zero attached hydrogens (tertiary/aromatic N) is 1. The van der Waals surface area contributed by atoms with E-state index in [1.54, 1.807) is 36.4 Å². The van der Waals surface area contributed by atoms with Crippen LogP contribution in [0.1, 0.15) is 36.2 Å². The van der Waals surface area contributed by atoms with Crippen molar-refractivity contribution in [3.05, 3.63) is 83.7 Å². The molecule has 0 saturated heterocycles. The number of nitrogens with one attached hydrogen (secondary N) is 2. The molecule has 0 saturated carbocycles. The Kier molecular flexibility index (Phi) is 6.67. The summed E-state index contributed by atoms with van der Waals surface area (Å²) in [5.74, 6) is -0.391. The van der Waals surface area contributed by atoms with Crippen LogP contribution in [0.15, 0.2) is 71.6 Å². The minimum absolute atomic E-state index is 0.0168. The lowest BCUT2D eigenvalue weighted by Crippen LogP contribution is -2.42. The van der Waals surface area contributed by atoms with Crippen LogP contribution in [0.5, 0.6) is 0 Å². The lowest BCUT2D eigenvalue weighted by molar-refractivity contribution is 0.101. The number of thiocarbonyl (C=S) groups is 1. The van der Waals surface area contributed by atoms with Crippen LogP contribution in [0.25, 0.3) is 0 Å². The molecule has 1 atom stereocenters. The Morgan fingerprint density at radius 3 is 2.18 bits per heavy atom. The summed E-state index contributed by atoms with van der Waals surface area (Å²) in [6, 6.07) is 17.2. The first-order valence-corrected chi connectivity index (χ1v) is 12.6. The second-order valence-electron chi connectivity index (χ2n) is 8.20. The molecule has 3 aromatic carbocycles. The molecule has 0 amide bonds. The Labute approximate surface area is 203 Å². The zero-order valence-electron chi connectivity index (χ0n) is 18.7. The van der Waals surface area contributed by atoms with Crippen molar-refractivity contribution in [2.24, 2.45) is 0 Å². The lowest BCUT2D eigenvalue weighted by atomic mass is 9.99. The number of carbonyl (C=O) groups excluding carboxylic acids is 1. The average Bonchev–Trinajstić information content (AvgIpc) is 2.79. The molecule has 3 aromatic rings. The number of hydrogen-bond donors (Lipinski definition) is 2. The highest BCUT2D eigenvalue weighted by molar-refractivity contribution is 7.92. The molecule has 1 heterocycles. The first-order chi connectivity index (χ1) is 16.1. The van der Waals surface area contributed by atoms with Crippen LogP contribution in [0.3, 0.4) is 0 Å². The van der Waals surface area contributed by atoms with Crippen LogP contribution in [0.2, 0.25) is 0 Å². The van der Waals surface area contributed by atoms with Gasteiger partial charge in [0, 0.05) is 23.0 Å². The standard InChI is InChI=1S/C25H24FN3O3S2/c1-16-3-4-19-15-20(26)7-14-24(19)29(16)34(31,32)23-12-10-22(11-13-23)28-25(33)27-21-8-5-18(6-9-21)17(2)30/h5-16H,3-4H2,1-2H3,(H2,27,28,33)/t16-/m1/s1. The van der Waals surface area contributed by atoms with Crippen molar-refractivity contribution in [3.8, 4) is 0 Å². The van der Waals surface area contributed by atoms with Gasteiger partial charge in [0.1, 0.15) is 5.82 Å². The molecule has 6 nitrogen and oxygen atoms in total. The van der Waals surface area contributed by atoms with Crippen molar-refractivity contribution < 1.29 is 17.6 Å². The number of benzene rings is 3. The molecule has 1 aliphatic rings. The molecular weight excluding hydrogens is 473 g/mol. The predicted octanol–water partition coefficient (Wildman–Crippen LogP) is 5.37. The first kappa shape index (κ1) is 23.8. The summed E-state index contributed by atoms with van der Waals surface area (Å²) in [7, 11) is -3.84. The van der Waals surface area contributed by atoms with Crippen LogP contribution in [0.4, 0.5) is 21.5 Å². The number of anilines is 3. The summed E-state index contributed by atoms with van der Waals surface area (Å²) in [4.78, 5) is 11.5. The number of rotatable bonds is 5. The topological polar surface area (TPSA) is 78.5 Å². The van der Waals surface area contributed by atoms with E-state index in [1.807, 2.05) is 6.92 Å². The zero-order chi connectivity index (χ0) is 24.5. The Hall–Kier alpha value is -3.30. The Balaban J connectivity index is 1.49. The van der Waals surface area contributed by atoms with Crippen molar-refractivity contribution in [3.63, 3.8) is 0 Å². The molecule has 2 N–H and O–H groups in total. The van der Waals surface area contributed by atoms with Gasteiger partial charge in [-0.05, 0) is 111 Å². The molecule has 34 heavy (non-hydrogen) atoms. The highest BCUT2D eigenvalue weighted by Crippen LogP contribution is 2.36. The summed E-state index contributed by atoms with van der Waals surface area (Å²) < 4.78 is 41.9. The van der Waals surface area contributed by atoms with E-state index in [0.29, 0.717) is 40.5 Å². The van der Waals surface area contributed by atoms with Crippen molar-refractivity contribution >= 4 is 50.2 Å². The van der Waals surface area contributed by atoms with Crippen molar-refractivity contribution in [1.82, 2.24) is 0 Å². The van der Waals surface area contributed by atoms with Crippen LogP contribution in [-0.4, -0.2) is 25.4 Å². The summed E-state index contributed by atoms with van der Waals surface area (Å²) in [5, 5.41) is 6.37. The van der Waals surface area contributed by atoms with E-state index in [4.69, 9.17) is 12.2 Å². The molecule has 0 aliphatic carbocycles. The minimum Gasteiger partial charge on any atom is -0.332 e. The molecule has 0 unspecified atom stereocenters. The normalized spacial score (nSPS) is 15.4. The van der Waals surface area contributed by atoms with Gasteiger partial charge in [-0.3, -0.25) is 9.10 Å². The van der Waals surface area contributed by atoms with Gasteiger partial charge in [-0.15, -0.1) is 0 Å². The number of aryl methyl sites for hydroxylation is 1. The summed E-state index contributed by atoms with van der Waals surface area (Å²) in [6.45, 7) is 3.36. The third-order valence-electron chi connectivity index (χ3n) is 5.73. The van der Waals surface area contributed by atoms with Crippen molar-refractivity contribution in [2.45, 2.75) is 37.6 Å². The quantitative estimate of drug-likeness (QED) is 0.365. The highest BCUT2D eigenvalue weighted by Gasteiger charge is 2.34. The van der Waals surface area contributed by atoms with Gasteiger partial charge in [0.25, 0.3) is 10.0 Å². The maximum Gasteiger partial charge on any atom is 0.264 e. The molecule has 4 rings (SSSR count). The number of ketones is 1. The van der Waals surface area contributed by atoms with Crippen molar-refractivity contribution in [1.29, 1.82) is 0 Å². The third-order valence-corrected chi connectivity index (χ3v) is 7.88. The molecule has 0 bridgehead atoms. The van der Waals surface area contributed by atoms with Gasteiger partial charge in [0.2, 0.25) is 0 Å². The second-order valence-corrected chi connectivity index (χ2v) is 10.4. The monoisotopic (exact) mass is 497 g/mol.